The van der Waals surface area contributed by atoms with Crippen molar-refractivity contribution in [3.05, 3.63) is 58.4 Å². The number of aromatic hydroxyl groups is 1. The van der Waals surface area contributed by atoms with Crippen LogP contribution in [0.3, 0.4) is 0 Å². The summed E-state index contributed by atoms with van der Waals surface area (Å²) in [6.07, 6.45) is 0.0671. The van der Waals surface area contributed by atoms with Gasteiger partial charge in [0.15, 0.2) is 17.1 Å². The molecular weight excluding hydrogens is 586 g/mol. The molecule has 4 atom stereocenters. The number of hydrogen-bond donors (Lipinski definition) is 7. The molecule has 2 aromatic rings. The van der Waals surface area contributed by atoms with Crippen LogP contribution >= 0.6 is 0 Å². The minimum Gasteiger partial charge on any atom is -0.508 e. The first-order valence-corrected chi connectivity index (χ1v) is 14.1. The molecule has 238 valence electrons. The zero-order valence-corrected chi connectivity index (χ0v) is 25.3. The van der Waals surface area contributed by atoms with Crippen LogP contribution in [-0.2, 0) is 20.8 Å². The third-order valence-electron chi connectivity index (χ3n) is 8.78. The number of phenols is 1. The van der Waals surface area contributed by atoms with E-state index in [1.807, 2.05) is 0 Å². The van der Waals surface area contributed by atoms with Crippen molar-refractivity contribution in [3.63, 3.8) is 0 Å². The number of aliphatic hydroxyl groups is 3. The van der Waals surface area contributed by atoms with E-state index in [0.717, 1.165) is 0 Å². The first kappa shape index (κ1) is 31.3. The number of fused-ring (bicyclic) bond motifs is 3. The maximum atomic E-state index is 14.1. The van der Waals surface area contributed by atoms with Crippen molar-refractivity contribution in [1.29, 1.82) is 0 Å². The smallest absolute Gasteiger partial charge is 0.323 e. The van der Waals surface area contributed by atoms with Gasteiger partial charge in [-0.05, 0) is 68.8 Å². The van der Waals surface area contributed by atoms with Crippen LogP contribution in [0, 0.1) is 11.8 Å². The SMILES string of the molecule is COc1ccc(NC(=O)Nc2cc(N(C)C)c3c(c2O)C(O)=C2C(=O)[C@]4(O)C(O)=C(C(N)=O)C(=O)C(N(C)C)[C@@H]4C[C@@H]2C3)cc1. The second kappa shape index (κ2) is 11.1. The summed E-state index contributed by atoms with van der Waals surface area (Å²) < 4.78 is 5.12. The van der Waals surface area contributed by atoms with E-state index in [1.165, 1.54) is 32.2 Å². The highest BCUT2D eigenvalue weighted by atomic mass is 16.5. The Bertz CT molecular complexity index is 1700. The molecule has 14 heteroatoms. The standard InChI is InChI=1S/C31H35N5O9/c1-35(2)19-12-18(34-30(43)33-14-6-8-15(45-5)9-7-14)24(37)21-16(19)10-13-11-17-23(36(3)4)26(39)22(29(32)42)28(41)31(17,44)27(40)20(13)25(21)38/h6-9,12-13,17,23,37-38,41,44H,10-11H2,1-5H3,(H2,32,42)(H2,33,34,43)/t13-,17-,23?,31-/m0/s1. The number of carbonyl (C=O) groups excluding carboxylic acids is 4. The van der Waals surface area contributed by atoms with Crippen LogP contribution in [0.5, 0.6) is 11.5 Å². The molecule has 0 heterocycles. The molecule has 0 aliphatic heterocycles. The number of aliphatic hydroxyl groups excluding tert-OH is 2. The van der Waals surface area contributed by atoms with E-state index in [0.29, 0.717) is 22.7 Å². The molecule has 0 saturated heterocycles. The highest BCUT2D eigenvalue weighted by Gasteiger charge is 2.64. The van der Waals surface area contributed by atoms with Crippen molar-refractivity contribution in [2.75, 3.05) is 50.8 Å². The molecule has 14 nitrogen and oxygen atoms in total. The van der Waals surface area contributed by atoms with Gasteiger partial charge in [0.05, 0.1) is 24.4 Å². The molecule has 1 saturated carbocycles. The molecular formula is C31H35N5O9. The Kier molecular flexibility index (Phi) is 7.75. The molecule has 8 N–H and O–H groups in total. The second-order valence-corrected chi connectivity index (χ2v) is 11.8. The number of nitrogens with one attached hydrogen (secondary N) is 2. The predicted octanol–water partition coefficient (Wildman–Crippen LogP) is 1.68. The first-order valence-electron chi connectivity index (χ1n) is 14.1. The zero-order valence-electron chi connectivity index (χ0n) is 25.3. The number of methoxy groups -OCH3 is 1. The van der Waals surface area contributed by atoms with Crippen molar-refractivity contribution in [2.24, 2.45) is 17.6 Å². The van der Waals surface area contributed by atoms with Gasteiger partial charge in [-0.3, -0.25) is 19.3 Å². The topological polar surface area (TPSA) is 215 Å². The van der Waals surface area contributed by atoms with E-state index in [1.54, 1.807) is 43.3 Å². The summed E-state index contributed by atoms with van der Waals surface area (Å²) in [5, 5.41) is 51.0. The maximum absolute atomic E-state index is 14.1. The number of Topliss-reactive ketones (excluding diaryl/α,β-unsaturated/α-hetero) is 2. The number of nitrogens with zero attached hydrogens (tertiary/aromatic N) is 2. The third kappa shape index (κ3) is 4.82. The monoisotopic (exact) mass is 621 g/mol. The van der Waals surface area contributed by atoms with Crippen molar-refractivity contribution < 1.29 is 44.3 Å². The van der Waals surface area contributed by atoms with Gasteiger partial charge >= 0.3 is 6.03 Å². The van der Waals surface area contributed by atoms with Crippen molar-refractivity contribution in [2.45, 2.75) is 24.5 Å². The molecule has 2 aromatic carbocycles. The normalized spacial score (nSPS) is 24.1. The van der Waals surface area contributed by atoms with Crippen molar-refractivity contribution >= 4 is 46.3 Å². The van der Waals surface area contributed by atoms with Crippen LogP contribution in [0.25, 0.3) is 5.76 Å². The Morgan fingerprint density at radius 2 is 1.69 bits per heavy atom. The van der Waals surface area contributed by atoms with Gasteiger partial charge in [-0.25, -0.2) is 4.79 Å². The van der Waals surface area contributed by atoms with Crippen LogP contribution in [0.2, 0.25) is 0 Å². The minimum atomic E-state index is -2.75. The van der Waals surface area contributed by atoms with E-state index in [4.69, 9.17) is 10.5 Å². The Morgan fingerprint density at radius 1 is 1.04 bits per heavy atom. The summed E-state index contributed by atoms with van der Waals surface area (Å²) in [6, 6.07) is 6.18. The number of likely N-dealkylation sites (N-methyl/N-ethyl adjacent to an activating group) is 1. The summed E-state index contributed by atoms with van der Waals surface area (Å²) in [5.74, 6) is -6.94. The van der Waals surface area contributed by atoms with Crippen LogP contribution in [0.1, 0.15) is 17.5 Å². The van der Waals surface area contributed by atoms with Crippen molar-refractivity contribution in [3.8, 4) is 11.5 Å². The number of rotatable bonds is 6. The second-order valence-electron chi connectivity index (χ2n) is 11.8. The summed E-state index contributed by atoms with van der Waals surface area (Å²) in [7, 11) is 8.04. The number of ether oxygens (including phenoxy) is 1. The molecule has 3 aliphatic carbocycles. The molecule has 1 fully saturated rings. The lowest BCUT2D eigenvalue weighted by Gasteiger charge is -2.50. The van der Waals surface area contributed by atoms with Crippen LogP contribution in [0.4, 0.5) is 21.9 Å². The molecule has 45 heavy (non-hydrogen) atoms. The van der Waals surface area contributed by atoms with E-state index in [2.05, 4.69) is 10.6 Å². The van der Waals surface area contributed by atoms with E-state index in [9.17, 15) is 39.6 Å². The summed E-state index contributed by atoms with van der Waals surface area (Å²) in [4.78, 5) is 55.6. The van der Waals surface area contributed by atoms with E-state index < -0.39 is 69.8 Å². The average molecular weight is 622 g/mol. The fraction of sp³-hybridized carbons (Fsp3) is 0.355. The van der Waals surface area contributed by atoms with Crippen LogP contribution < -0.4 is 26.0 Å². The molecule has 3 aliphatic rings. The van der Waals surface area contributed by atoms with Gasteiger partial charge in [0.1, 0.15) is 22.8 Å². The number of urea groups is 1. The highest BCUT2D eigenvalue weighted by molar-refractivity contribution is 6.24. The Hall–Kier alpha value is -5.08. The quantitative estimate of drug-likeness (QED) is 0.182. The minimum absolute atomic E-state index is 0.0380. The number of anilines is 3. The lowest BCUT2D eigenvalue weighted by Crippen LogP contribution is -2.65. The Balaban J connectivity index is 1.61. The molecule has 1 unspecified atom stereocenters. The zero-order chi connectivity index (χ0) is 33.1. The molecule has 0 aromatic heterocycles. The number of ketones is 2. The molecule has 3 amide bonds. The molecule has 0 spiro atoms. The van der Waals surface area contributed by atoms with Crippen molar-refractivity contribution in [1.82, 2.24) is 4.90 Å². The van der Waals surface area contributed by atoms with Gasteiger partial charge < -0.3 is 46.4 Å². The number of amides is 3. The molecule has 0 bridgehead atoms. The van der Waals surface area contributed by atoms with Gasteiger partial charge in [0.2, 0.25) is 5.78 Å². The third-order valence-corrected chi connectivity index (χ3v) is 8.78. The molecule has 5 rings (SSSR count). The van der Waals surface area contributed by atoms with E-state index in [-0.39, 0.29) is 29.7 Å². The summed E-state index contributed by atoms with van der Waals surface area (Å²) >= 11 is 0. The largest absolute Gasteiger partial charge is 0.508 e. The number of nitrogens with two attached hydrogens (primary N) is 1. The van der Waals surface area contributed by atoms with Gasteiger partial charge in [-0.15, -0.1) is 0 Å². The maximum Gasteiger partial charge on any atom is 0.323 e. The van der Waals surface area contributed by atoms with Gasteiger partial charge in [-0.1, -0.05) is 0 Å². The lowest BCUT2D eigenvalue weighted by atomic mass is 9.57. The Labute approximate surface area is 258 Å². The van der Waals surface area contributed by atoms with Crippen LogP contribution in [-0.4, -0.2) is 95.8 Å². The number of carbonyl (C=O) groups is 4. The summed E-state index contributed by atoms with van der Waals surface area (Å²) in [6.45, 7) is 0. The van der Waals surface area contributed by atoms with E-state index >= 15 is 0 Å². The van der Waals surface area contributed by atoms with Gasteiger partial charge in [0, 0.05) is 37.0 Å². The van der Waals surface area contributed by atoms with Crippen LogP contribution in [0.15, 0.2) is 47.2 Å². The fourth-order valence-corrected chi connectivity index (χ4v) is 6.75. The van der Waals surface area contributed by atoms with Gasteiger partial charge in [-0.2, -0.15) is 0 Å². The Morgan fingerprint density at radius 3 is 2.24 bits per heavy atom. The highest BCUT2D eigenvalue weighted by Crippen LogP contribution is 2.54. The number of hydrogen-bond acceptors (Lipinski definition) is 11. The predicted molar refractivity (Wildman–Crippen MR) is 164 cm³/mol. The number of benzene rings is 2. The fourth-order valence-electron chi connectivity index (χ4n) is 6.75. The average Bonchev–Trinajstić information content (AvgIpc) is 2.96. The van der Waals surface area contributed by atoms with Gasteiger partial charge in [0.25, 0.3) is 5.91 Å². The summed E-state index contributed by atoms with van der Waals surface area (Å²) in [5.41, 5.74) is 2.65. The lowest BCUT2D eigenvalue weighted by molar-refractivity contribution is -0.153. The number of phenolic OH excluding ortho intramolecular Hbond substituents is 1. The number of primary amides is 1. The first-order chi connectivity index (χ1) is 21.1. The molecule has 0 radical (unpaired) electrons.